The average Bonchev–Trinajstić information content (AvgIpc) is 3.64. The van der Waals surface area contributed by atoms with E-state index in [-0.39, 0.29) is 35.6 Å². The van der Waals surface area contributed by atoms with Gasteiger partial charge in [-0.05, 0) is 10.8 Å². The fourth-order valence-corrected chi connectivity index (χ4v) is 7.68. The van der Waals surface area contributed by atoms with Crippen molar-refractivity contribution in [3.8, 4) is 0 Å². The van der Waals surface area contributed by atoms with E-state index in [2.05, 4.69) is 164 Å². The normalized spacial score (nSPS) is 12.0. The Bertz CT molecular complexity index is 1640. The predicted octanol–water partition coefficient (Wildman–Crippen LogP) is 12.8. The number of hydrogen-bond donors (Lipinski definition) is 0. The molecule has 1 aliphatic rings. The largest absolute Gasteiger partial charge is 0.273 e. The molecular formula is C39H40Br2Cl2Zr. The van der Waals surface area contributed by atoms with E-state index in [9.17, 15) is 0 Å². The Kier molecular flexibility index (Phi) is 14.9. The second kappa shape index (κ2) is 16.9. The Morgan fingerprint density at radius 2 is 1.11 bits per heavy atom. The average molecular weight is 831 g/mol. The first kappa shape index (κ1) is 38.7. The van der Waals surface area contributed by atoms with Crippen molar-refractivity contribution < 1.29 is 24.2 Å². The summed E-state index contributed by atoms with van der Waals surface area (Å²) < 4.78 is 3.65. The molecule has 0 saturated carbocycles. The number of benzene rings is 4. The molecule has 6 rings (SSSR count). The summed E-state index contributed by atoms with van der Waals surface area (Å²) in [5.41, 5.74) is 5.74. The first-order chi connectivity index (χ1) is 19.9. The van der Waals surface area contributed by atoms with E-state index in [1.165, 1.54) is 71.2 Å². The van der Waals surface area contributed by atoms with E-state index < -0.39 is 0 Å². The van der Waals surface area contributed by atoms with Gasteiger partial charge in [0, 0.05) is 0 Å². The molecule has 228 valence electrons. The molecule has 0 spiro atoms. The summed E-state index contributed by atoms with van der Waals surface area (Å²) in [6.07, 6.45) is 10.0. The van der Waals surface area contributed by atoms with Gasteiger partial charge in [0.05, 0.1) is 0 Å². The number of halogens is 4. The van der Waals surface area contributed by atoms with Gasteiger partial charge < -0.3 is 0 Å². The molecule has 0 fully saturated rings. The number of rotatable bonds is 2. The smallest absolute Gasteiger partial charge is 0.0145 e. The second-order valence-corrected chi connectivity index (χ2v) is 15.5. The molecule has 1 aliphatic carbocycles. The van der Waals surface area contributed by atoms with Crippen molar-refractivity contribution in [1.82, 2.24) is 0 Å². The molecule has 0 aliphatic heterocycles. The summed E-state index contributed by atoms with van der Waals surface area (Å²) in [7, 11) is 0. The maximum absolute atomic E-state index is 3.60. The molecular weight excluding hydrogens is 790 g/mol. The van der Waals surface area contributed by atoms with Gasteiger partial charge in [-0.2, -0.15) is 6.08 Å². The minimum absolute atomic E-state index is 0. The van der Waals surface area contributed by atoms with Crippen LogP contribution in [0.1, 0.15) is 70.2 Å². The van der Waals surface area contributed by atoms with E-state index >= 15 is 0 Å². The summed E-state index contributed by atoms with van der Waals surface area (Å²) in [5.74, 6) is 0. The van der Waals surface area contributed by atoms with Crippen LogP contribution in [0.2, 0.25) is 0 Å². The van der Waals surface area contributed by atoms with Gasteiger partial charge in [-0.1, -0.05) is 76.9 Å². The van der Waals surface area contributed by atoms with Gasteiger partial charge >= 0.3 is 128 Å². The maximum Gasteiger partial charge on any atom is -0.0145 e. The fourth-order valence-electron chi connectivity index (χ4n) is 4.74. The van der Waals surface area contributed by atoms with Gasteiger partial charge in [0.25, 0.3) is 0 Å². The van der Waals surface area contributed by atoms with Crippen molar-refractivity contribution in [2.45, 2.75) is 58.8 Å². The molecule has 0 saturated heterocycles. The minimum Gasteiger partial charge on any atom is -0.273 e. The van der Waals surface area contributed by atoms with Crippen LogP contribution >= 0.6 is 56.7 Å². The Balaban J connectivity index is 0.000000260. The van der Waals surface area contributed by atoms with Gasteiger partial charge in [-0.25, -0.2) is 12.2 Å². The van der Waals surface area contributed by atoms with Crippen molar-refractivity contribution >= 4 is 81.4 Å². The predicted molar refractivity (Wildman–Crippen MR) is 202 cm³/mol. The SMILES string of the molecule is Brc1ccccc1[C](=[Zr+2])c1ccccc1Br.CC(C)(C)c1ccc2[cH-]c3ccc(C(C)(C)C)cc3c2c1.Cl.Cl.[C-]1=CC=CC1. The monoisotopic (exact) mass is 826 g/mol. The number of allylic oxidation sites excluding steroid dienone is 4. The zero-order valence-corrected chi connectivity index (χ0v) is 33.4. The molecule has 0 amide bonds. The van der Waals surface area contributed by atoms with Crippen LogP contribution in [0.15, 0.2) is 118 Å². The molecule has 5 heteroatoms. The molecule has 0 radical (unpaired) electrons. The van der Waals surface area contributed by atoms with Gasteiger partial charge in [0.15, 0.2) is 0 Å². The van der Waals surface area contributed by atoms with Gasteiger partial charge in [-0.15, -0.1) is 71.0 Å². The third kappa shape index (κ3) is 10.0. The van der Waals surface area contributed by atoms with Crippen LogP contribution in [0.5, 0.6) is 0 Å². The molecule has 5 aromatic carbocycles. The Morgan fingerprint density at radius 3 is 1.43 bits per heavy atom. The third-order valence-electron chi connectivity index (χ3n) is 7.31. The van der Waals surface area contributed by atoms with E-state index in [1.54, 1.807) is 0 Å². The molecule has 0 unspecified atom stereocenters. The van der Waals surface area contributed by atoms with Gasteiger partial charge in [0.1, 0.15) is 0 Å². The second-order valence-electron chi connectivity index (χ2n) is 12.6. The molecule has 0 N–H and O–H groups in total. The van der Waals surface area contributed by atoms with Crippen LogP contribution in [-0.2, 0) is 35.1 Å². The zero-order valence-electron chi connectivity index (χ0n) is 26.2. The van der Waals surface area contributed by atoms with Gasteiger partial charge in [0.2, 0.25) is 0 Å². The molecule has 5 aromatic rings. The first-order valence-corrected chi connectivity index (χ1v) is 17.1. The van der Waals surface area contributed by atoms with Crippen molar-refractivity contribution in [3.05, 3.63) is 146 Å². The zero-order chi connectivity index (χ0) is 30.5. The molecule has 0 atom stereocenters. The molecule has 0 heterocycles. The minimum atomic E-state index is 0. The summed E-state index contributed by atoms with van der Waals surface area (Å²) >= 11 is 8.61. The fraction of sp³-hybridized carbons (Fsp3) is 0.231. The van der Waals surface area contributed by atoms with E-state index in [0.29, 0.717) is 0 Å². The van der Waals surface area contributed by atoms with Crippen molar-refractivity contribution in [2.24, 2.45) is 0 Å². The standard InChI is InChI=1S/C21H25.C13H8Br2.C5H5.2ClH.Zr/c1-20(2,3)16-9-7-14-11-15-8-10-17(21(4,5)6)13-19(15)18(14)12-16;14-12-7-3-1-5-10(12)9-11-6-2-4-8-13(11)15;1-2-4-5-3-1;;;/h7-13H,1-6H3;1-8H;1-3H,4H2;2*1H;/q-1;;-1;;;+2. The quantitative estimate of drug-likeness (QED) is 0.156. The summed E-state index contributed by atoms with van der Waals surface area (Å²) in [4.78, 5) is 0. The maximum atomic E-state index is 3.60. The van der Waals surface area contributed by atoms with E-state index in [0.717, 1.165) is 15.4 Å². The van der Waals surface area contributed by atoms with Crippen molar-refractivity contribution in [3.63, 3.8) is 0 Å². The van der Waals surface area contributed by atoms with Gasteiger partial charge in [-0.3, -0.25) is 6.08 Å². The van der Waals surface area contributed by atoms with E-state index in [4.69, 9.17) is 0 Å². The summed E-state index contributed by atoms with van der Waals surface area (Å²) in [6, 6.07) is 32.8. The Morgan fingerprint density at radius 1 is 0.682 bits per heavy atom. The Hall–Kier alpha value is -1.48. The topological polar surface area (TPSA) is 0 Å². The van der Waals surface area contributed by atoms with E-state index in [1.807, 2.05) is 24.3 Å². The summed E-state index contributed by atoms with van der Waals surface area (Å²) in [6.45, 7) is 13.7. The van der Waals surface area contributed by atoms with Crippen LogP contribution in [0, 0.1) is 6.08 Å². The van der Waals surface area contributed by atoms with Crippen molar-refractivity contribution in [2.75, 3.05) is 0 Å². The molecule has 44 heavy (non-hydrogen) atoms. The number of hydrogen-bond acceptors (Lipinski definition) is 0. The van der Waals surface area contributed by atoms with Crippen LogP contribution < -0.4 is 0 Å². The summed E-state index contributed by atoms with van der Waals surface area (Å²) in [5, 5.41) is 5.49. The van der Waals surface area contributed by atoms with Crippen LogP contribution in [-0.4, -0.2) is 3.21 Å². The molecule has 0 bridgehead atoms. The van der Waals surface area contributed by atoms with Crippen molar-refractivity contribution in [1.29, 1.82) is 0 Å². The third-order valence-corrected chi connectivity index (χ3v) is 10.0. The van der Waals surface area contributed by atoms with Crippen LogP contribution in [0.25, 0.3) is 21.5 Å². The molecule has 0 nitrogen and oxygen atoms in total. The first-order valence-electron chi connectivity index (χ1n) is 14.3. The van der Waals surface area contributed by atoms with Crippen LogP contribution in [0.3, 0.4) is 0 Å². The number of fused-ring (bicyclic) bond motifs is 3. The van der Waals surface area contributed by atoms with Crippen LogP contribution in [0.4, 0.5) is 0 Å². The Labute approximate surface area is 308 Å². The molecule has 0 aromatic heterocycles.